The van der Waals surface area contributed by atoms with Gasteiger partial charge in [0.05, 0.1) is 12.5 Å². The number of aliphatic hydroxyl groups excluding tert-OH is 1. The number of nitrogens with one attached hydrogen (secondary N) is 2. The van der Waals surface area contributed by atoms with Crippen LogP contribution in [-0.2, 0) is 24.2 Å². The molecule has 2 amide bonds. The van der Waals surface area contributed by atoms with Crippen LogP contribution in [0.4, 0.5) is 0 Å². The fourth-order valence-electron chi connectivity index (χ4n) is 3.77. The SMILES string of the molecule is CC(Cc1cccc(CC(=O)NCc2ccc(C(N)=O)cc2)c1)NCC(O)c1cc(O)cc(O)c1. The largest absolute Gasteiger partial charge is 0.508 e. The molecule has 0 aliphatic heterocycles. The van der Waals surface area contributed by atoms with Crippen LogP contribution in [0.15, 0.2) is 66.7 Å². The van der Waals surface area contributed by atoms with Crippen LogP contribution in [-0.4, -0.2) is 39.7 Å². The highest BCUT2D eigenvalue weighted by atomic mass is 16.3. The molecule has 3 aromatic rings. The molecule has 0 saturated carbocycles. The maximum absolute atomic E-state index is 12.4. The Labute approximate surface area is 204 Å². The Morgan fingerprint density at radius 1 is 0.914 bits per heavy atom. The Morgan fingerprint density at radius 3 is 2.23 bits per heavy atom. The van der Waals surface area contributed by atoms with E-state index in [9.17, 15) is 24.9 Å². The quantitative estimate of drug-likeness (QED) is 0.250. The van der Waals surface area contributed by atoms with Gasteiger partial charge in [-0.1, -0.05) is 36.4 Å². The van der Waals surface area contributed by atoms with Crippen LogP contribution in [0.5, 0.6) is 11.5 Å². The van der Waals surface area contributed by atoms with E-state index >= 15 is 0 Å². The molecule has 0 heterocycles. The molecule has 0 aliphatic carbocycles. The molecule has 2 atom stereocenters. The number of phenols is 2. The van der Waals surface area contributed by atoms with Crippen LogP contribution in [0.3, 0.4) is 0 Å². The average Bonchev–Trinajstić information content (AvgIpc) is 2.81. The Hall–Kier alpha value is -3.88. The third-order valence-corrected chi connectivity index (χ3v) is 5.60. The summed E-state index contributed by atoms with van der Waals surface area (Å²) in [5, 5.41) is 35.7. The first kappa shape index (κ1) is 25.7. The molecule has 8 nitrogen and oxygen atoms in total. The topological polar surface area (TPSA) is 145 Å². The first-order valence-electron chi connectivity index (χ1n) is 11.4. The van der Waals surface area contributed by atoms with Crippen molar-refractivity contribution in [2.24, 2.45) is 5.73 Å². The van der Waals surface area contributed by atoms with Crippen LogP contribution in [0, 0.1) is 0 Å². The molecule has 184 valence electrons. The number of phenolic OH excluding ortho intramolecular Hbond substituents is 2. The Kier molecular flexibility index (Phi) is 8.83. The van der Waals surface area contributed by atoms with Gasteiger partial charge >= 0.3 is 0 Å². The number of primary amides is 1. The highest BCUT2D eigenvalue weighted by Crippen LogP contribution is 2.24. The van der Waals surface area contributed by atoms with Gasteiger partial charge in [-0.2, -0.15) is 0 Å². The summed E-state index contributed by atoms with van der Waals surface area (Å²) in [6.45, 7) is 2.61. The highest BCUT2D eigenvalue weighted by molar-refractivity contribution is 5.92. The number of hydrogen-bond acceptors (Lipinski definition) is 6. The van der Waals surface area contributed by atoms with Gasteiger partial charge < -0.3 is 31.7 Å². The zero-order chi connectivity index (χ0) is 25.4. The van der Waals surface area contributed by atoms with E-state index in [1.807, 2.05) is 31.2 Å². The first-order chi connectivity index (χ1) is 16.7. The third-order valence-electron chi connectivity index (χ3n) is 5.60. The second-order valence-corrected chi connectivity index (χ2v) is 8.65. The average molecular weight is 478 g/mol. The van der Waals surface area contributed by atoms with E-state index in [1.54, 1.807) is 24.3 Å². The van der Waals surface area contributed by atoms with Gasteiger partial charge in [0, 0.05) is 30.8 Å². The number of benzene rings is 3. The van der Waals surface area contributed by atoms with Gasteiger partial charge in [-0.25, -0.2) is 0 Å². The number of hydrogen-bond donors (Lipinski definition) is 6. The summed E-state index contributed by atoms with van der Waals surface area (Å²) in [7, 11) is 0. The Bertz CT molecular complexity index is 1140. The van der Waals surface area contributed by atoms with E-state index in [2.05, 4.69) is 10.6 Å². The van der Waals surface area contributed by atoms with E-state index in [0.717, 1.165) is 16.7 Å². The molecule has 0 bridgehead atoms. The predicted octanol–water partition coefficient (Wildman–Crippen LogP) is 2.31. The van der Waals surface area contributed by atoms with Crippen molar-refractivity contribution in [3.63, 3.8) is 0 Å². The maximum atomic E-state index is 12.4. The molecule has 0 aliphatic rings. The van der Waals surface area contributed by atoms with E-state index in [0.29, 0.717) is 24.1 Å². The van der Waals surface area contributed by atoms with E-state index in [-0.39, 0.29) is 36.4 Å². The normalized spacial score (nSPS) is 12.6. The van der Waals surface area contributed by atoms with Gasteiger partial charge in [-0.3, -0.25) is 9.59 Å². The Morgan fingerprint density at radius 2 is 1.57 bits per heavy atom. The lowest BCUT2D eigenvalue weighted by atomic mass is 10.0. The highest BCUT2D eigenvalue weighted by Gasteiger charge is 2.13. The second kappa shape index (κ2) is 12.0. The molecule has 7 N–H and O–H groups in total. The van der Waals surface area contributed by atoms with Crippen molar-refractivity contribution in [2.75, 3.05) is 6.54 Å². The van der Waals surface area contributed by atoms with E-state index in [4.69, 9.17) is 5.73 Å². The van der Waals surface area contributed by atoms with Crippen molar-refractivity contribution in [1.82, 2.24) is 10.6 Å². The maximum Gasteiger partial charge on any atom is 0.248 e. The minimum Gasteiger partial charge on any atom is -0.508 e. The number of carbonyl (C=O) groups is 2. The standard InChI is InChI=1S/C27H31N3O5/c1-17(29-16-25(33)22-12-23(31)14-24(32)13-22)9-19-3-2-4-20(10-19)11-26(34)30-15-18-5-7-21(8-6-18)27(28)35/h2-8,10,12-14,17,25,29,31-33H,9,11,15-16H2,1H3,(H2,28,35)(H,30,34). The summed E-state index contributed by atoms with van der Waals surface area (Å²) in [6.07, 6.45) is 0.0616. The summed E-state index contributed by atoms with van der Waals surface area (Å²) in [5.74, 6) is -0.800. The molecule has 0 radical (unpaired) electrons. The fraction of sp³-hybridized carbons (Fsp3) is 0.259. The van der Waals surface area contributed by atoms with Crippen LogP contribution in [0.2, 0.25) is 0 Å². The number of rotatable bonds is 11. The van der Waals surface area contributed by atoms with Crippen molar-refractivity contribution in [3.05, 3.63) is 94.5 Å². The summed E-state index contributed by atoms with van der Waals surface area (Å²) >= 11 is 0. The van der Waals surface area contributed by atoms with Crippen molar-refractivity contribution in [2.45, 2.75) is 38.5 Å². The van der Waals surface area contributed by atoms with Crippen molar-refractivity contribution >= 4 is 11.8 Å². The van der Waals surface area contributed by atoms with Crippen LogP contribution < -0.4 is 16.4 Å². The minimum atomic E-state index is -0.877. The van der Waals surface area contributed by atoms with Gasteiger partial charge in [0.15, 0.2) is 0 Å². The summed E-state index contributed by atoms with van der Waals surface area (Å²) in [6, 6.07) is 18.7. The molecule has 3 rings (SSSR count). The molecule has 8 heteroatoms. The number of aliphatic hydroxyl groups is 1. The number of carbonyl (C=O) groups excluding carboxylic acids is 2. The summed E-state index contributed by atoms with van der Waals surface area (Å²) in [5.41, 5.74) is 8.92. The fourth-order valence-corrected chi connectivity index (χ4v) is 3.77. The Balaban J connectivity index is 1.47. The zero-order valence-electron chi connectivity index (χ0n) is 19.6. The van der Waals surface area contributed by atoms with Crippen molar-refractivity contribution < 1.29 is 24.9 Å². The van der Waals surface area contributed by atoms with Gasteiger partial charge in [-0.05, 0) is 59.9 Å². The molecule has 0 saturated heterocycles. The minimum absolute atomic E-state index is 0.0445. The molecule has 2 unspecified atom stereocenters. The van der Waals surface area contributed by atoms with Crippen LogP contribution in [0.25, 0.3) is 0 Å². The summed E-state index contributed by atoms with van der Waals surface area (Å²) in [4.78, 5) is 23.5. The monoisotopic (exact) mass is 477 g/mol. The first-order valence-corrected chi connectivity index (χ1v) is 11.4. The van der Waals surface area contributed by atoms with Gasteiger partial charge in [0.1, 0.15) is 11.5 Å². The molecular weight excluding hydrogens is 446 g/mol. The van der Waals surface area contributed by atoms with E-state index in [1.165, 1.54) is 18.2 Å². The molecule has 0 aromatic heterocycles. The van der Waals surface area contributed by atoms with Gasteiger partial charge in [0.25, 0.3) is 0 Å². The lowest BCUT2D eigenvalue weighted by Gasteiger charge is -2.18. The van der Waals surface area contributed by atoms with Crippen LogP contribution in [0.1, 0.15) is 45.6 Å². The summed E-state index contributed by atoms with van der Waals surface area (Å²) < 4.78 is 0. The molecule has 3 aromatic carbocycles. The van der Waals surface area contributed by atoms with Crippen molar-refractivity contribution in [3.8, 4) is 11.5 Å². The molecule has 0 spiro atoms. The van der Waals surface area contributed by atoms with E-state index < -0.39 is 12.0 Å². The van der Waals surface area contributed by atoms with Gasteiger partial charge in [0.2, 0.25) is 11.8 Å². The third kappa shape index (κ3) is 8.13. The molecule has 0 fully saturated rings. The molecular formula is C27H31N3O5. The number of amides is 2. The van der Waals surface area contributed by atoms with Crippen molar-refractivity contribution in [1.29, 1.82) is 0 Å². The van der Waals surface area contributed by atoms with Gasteiger partial charge in [-0.15, -0.1) is 0 Å². The number of aromatic hydroxyl groups is 2. The molecule has 35 heavy (non-hydrogen) atoms. The predicted molar refractivity (Wildman–Crippen MR) is 133 cm³/mol. The smallest absolute Gasteiger partial charge is 0.248 e. The number of nitrogens with two attached hydrogens (primary N) is 1. The lowest BCUT2D eigenvalue weighted by molar-refractivity contribution is -0.120. The second-order valence-electron chi connectivity index (χ2n) is 8.65. The zero-order valence-corrected chi connectivity index (χ0v) is 19.6. The lowest BCUT2D eigenvalue weighted by Crippen LogP contribution is -2.32. The van der Waals surface area contributed by atoms with Crippen LogP contribution >= 0.6 is 0 Å².